The molecule has 1 amide bonds. The Balaban J connectivity index is 1.65. The Kier molecular flexibility index (Phi) is 6.34. The van der Waals surface area contributed by atoms with Crippen molar-refractivity contribution in [3.63, 3.8) is 0 Å². The predicted molar refractivity (Wildman–Crippen MR) is 120 cm³/mol. The molecular formula is C21H20N8O5. The molecular weight excluding hydrogens is 444 g/mol. The molecule has 34 heavy (non-hydrogen) atoms. The van der Waals surface area contributed by atoms with Gasteiger partial charge in [-0.05, 0) is 53.1 Å². The van der Waals surface area contributed by atoms with Gasteiger partial charge in [-0.25, -0.2) is 10.1 Å². The number of carbonyl (C=O) groups is 1. The molecule has 0 aliphatic rings. The molecule has 4 aromatic rings. The Bertz CT molecular complexity index is 1350. The summed E-state index contributed by atoms with van der Waals surface area (Å²) < 4.78 is 16.5. The van der Waals surface area contributed by atoms with Crippen LogP contribution in [0, 0.1) is 0 Å². The molecule has 2 heterocycles. The lowest BCUT2D eigenvalue weighted by atomic mass is 10.1. The largest absolute Gasteiger partial charge is 0.504 e. The van der Waals surface area contributed by atoms with Crippen molar-refractivity contribution in [2.24, 2.45) is 5.10 Å². The second-order valence-electron chi connectivity index (χ2n) is 6.76. The minimum Gasteiger partial charge on any atom is -0.504 e. The highest BCUT2D eigenvalue weighted by atomic mass is 16.6. The predicted octanol–water partition coefficient (Wildman–Crippen LogP) is 1.78. The number of aromatic nitrogens is 5. The second-order valence-corrected chi connectivity index (χ2v) is 6.76. The number of phenolic OH excluding ortho intramolecular Hbond substituents is 1. The van der Waals surface area contributed by atoms with E-state index in [0.717, 1.165) is 0 Å². The number of rotatable bonds is 8. The van der Waals surface area contributed by atoms with E-state index in [2.05, 4.69) is 35.8 Å². The van der Waals surface area contributed by atoms with Gasteiger partial charge >= 0.3 is 0 Å². The molecule has 0 atom stereocenters. The molecule has 13 nitrogen and oxygen atoms in total. The Morgan fingerprint density at radius 2 is 2.15 bits per heavy atom. The fourth-order valence-corrected chi connectivity index (χ4v) is 3.05. The lowest BCUT2D eigenvalue weighted by Crippen LogP contribution is -2.19. The standard InChI is InChI=1S/C21H20N8O5/c1-3-33-16-9-12(7-8-15(16)30)11-23-25-21(31)17-18(13-5-4-6-14(10-13)32-2)29(28-24-17)20-19(22)26-34-27-20/h4-11,30H,3H2,1-2H3,(H2,22,26)(H,25,31)/b23-11+. The lowest BCUT2D eigenvalue weighted by molar-refractivity contribution is 0.0950. The number of methoxy groups -OCH3 is 1. The molecule has 0 radical (unpaired) electrons. The number of nitrogens with one attached hydrogen (secondary N) is 1. The van der Waals surface area contributed by atoms with Crippen molar-refractivity contribution in [2.45, 2.75) is 6.92 Å². The van der Waals surface area contributed by atoms with E-state index in [1.807, 2.05) is 0 Å². The molecule has 13 heteroatoms. The van der Waals surface area contributed by atoms with Gasteiger partial charge in [0, 0.05) is 5.56 Å². The Morgan fingerprint density at radius 3 is 2.88 bits per heavy atom. The van der Waals surface area contributed by atoms with Crippen molar-refractivity contribution in [1.29, 1.82) is 0 Å². The zero-order valence-corrected chi connectivity index (χ0v) is 18.2. The third-order valence-corrected chi connectivity index (χ3v) is 4.59. The molecule has 0 spiro atoms. The van der Waals surface area contributed by atoms with Crippen LogP contribution in [0.4, 0.5) is 5.82 Å². The summed E-state index contributed by atoms with van der Waals surface area (Å²) in [5.41, 5.74) is 9.61. The molecule has 0 bridgehead atoms. The van der Waals surface area contributed by atoms with Crippen LogP contribution in [0.3, 0.4) is 0 Å². The van der Waals surface area contributed by atoms with E-state index in [-0.39, 0.29) is 28.8 Å². The van der Waals surface area contributed by atoms with E-state index in [1.54, 1.807) is 43.3 Å². The summed E-state index contributed by atoms with van der Waals surface area (Å²) in [6.45, 7) is 2.19. The van der Waals surface area contributed by atoms with Crippen molar-refractivity contribution < 1.29 is 24.0 Å². The summed E-state index contributed by atoms with van der Waals surface area (Å²) in [5.74, 6) is 0.262. The summed E-state index contributed by atoms with van der Waals surface area (Å²) >= 11 is 0. The first-order valence-electron chi connectivity index (χ1n) is 9.99. The minimum atomic E-state index is -0.640. The normalized spacial score (nSPS) is 11.0. The van der Waals surface area contributed by atoms with Crippen molar-refractivity contribution in [1.82, 2.24) is 30.7 Å². The molecule has 2 aromatic carbocycles. The number of amides is 1. The third-order valence-electron chi connectivity index (χ3n) is 4.59. The van der Waals surface area contributed by atoms with Crippen LogP contribution in [0.25, 0.3) is 17.1 Å². The van der Waals surface area contributed by atoms with Gasteiger partial charge in [-0.3, -0.25) is 4.79 Å². The topological polar surface area (TPSA) is 176 Å². The van der Waals surface area contributed by atoms with Crippen LogP contribution in [0.1, 0.15) is 23.0 Å². The van der Waals surface area contributed by atoms with Crippen molar-refractivity contribution in [3.05, 3.63) is 53.7 Å². The smallest absolute Gasteiger partial charge is 0.294 e. The Morgan fingerprint density at radius 1 is 1.29 bits per heavy atom. The molecule has 0 fully saturated rings. The zero-order chi connectivity index (χ0) is 24.1. The molecule has 0 aliphatic heterocycles. The van der Waals surface area contributed by atoms with E-state index < -0.39 is 5.91 Å². The molecule has 174 valence electrons. The molecule has 4 N–H and O–H groups in total. The van der Waals surface area contributed by atoms with Gasteiger partial charge in [0.25, 0.3) is 5.91 Å². The Hall–Kier alpha value is -4.94. The number of ether oxygens (including phenoxy) is 2. The van der Waals surface area contributed by atoms with E-state index in [9.17, 15) is 9.90 Å². The Labute approximate surface area is 192 Å². The van der Waals surface area contributed by atoms with Gasteiger partial charge in [0.1, 0.15) is 11.4 Å². The number of hydrogen-bond donors (Lipinski definition) is 3. The van der Waals surface area contributed by atoms with Gasteiger partial charge in [-0.2, -0.15) is 9.78 Å². The number of hydrazone groups is 1. The molecule has 0 saturated carbocycles. The number of benzene rings is 2. The van der Waals surface area contributed by atoms with E-state index in [4.69, 9.17) is 15.2 Å². The van der Waals surface area contributed by atoms with Crippen LogP contribution < -0.4 is 20.6 Å². The van der Waals surface area contributed by atoms with Crippen LogP contribution in [0.15, 0.2) is 52.2 Å². The third kappa shape index (κ3) is 4.48. The number of carbonyl (C=O) groups excluding carboxylic acids is 1. The number of hydrogen-bond acceptors (Lipinski definition) is 11. The number of phenols is 1. The average Bonchev–Trinajstić information content (AvgIpc) is 3.47. The number of nitrogens with two attached hydrogens (primary N) is 1. The second kappa shape index (κ2) is 9.68. The fraction of sp³-hybridized carbons (Fsp3) is 0.143. The number of anilines is 1. The highest BCUT2D eigenvalue weighted by molar-refractivity contribution is 5.99. The van der Waals surface area contributed by atoms with Gasteiger partial charge in [0.15, 0.2) is 17.2 Å². The summed E-state index contributed by atoms with van der Waals surface area (Å²) in [4.78, 5) is 12.9. The summed E-state index contributed by atoms with van der Waals surface area (Å²) in [6, 6.07) is 11.6. The first kappa shape index (κ1) is 22.3. The summed E-state index contributed by atoms with van der Waals surface area (Å²) in [7, 11) is 1.52. The van der Waals surface area contributed by atoms with Gasteiger partial charge < -0.3 is 20.3 Å². The van der Waals surface area contributed by atoms with E-state index in [1.165, 1.54) is 24.1 Å². The van der Waals surface area contributed by atoms with Gasteiger partial charge in [-0.15, -0.1) is 5.10 Å². The maximum Gasteiger partial charge on any atom is 0.294 e. The van der Waals surface area contributed by atoms with Gasteiger partial charge in [0.2, 0.25) is 11.6 Å². The van der Waals surface area contributed by atoms with Crippen molar-refractivity contribution in [2.75, 3.05) is 19.5 Å². The summed E-state index contributed by atoms with van der Waals surface area (Å²) in [6.07, 6.45) is 1.40. The molecule has 0 aliphatic carbocycles. The number of nitrogen functional groups attached to an aromatic ring is 1. The lowest BCUT2D eigenvalue weighted by Gasteiger charge is -2.07. The molecule has 0 unspecified atom stereocenters. The summed E-state index contributed by atoms with van der Waals surface area (Å²) in [5, 5.41) is 29.1. The number of nitrogens with zero attached hydrogens (tertiary/aromatic N) is 6. The quantitative estimate of drug-likeness (QED) is 0.257. The molecule has 4 rings (SSSR count). The zero-order valence-electron chi connectivity index (χ0n) is 18.2. The molecule has 0 saturated heterocycles. The van der Waals surface area contributed by atoms with Crippen LogP contribution in [0.2, 0.25) is 0 Å². The van der Waals surface area contributed by atoms with E-state index >= 15 is 0 Å². The highest BCUT2D eigenvalue weighted by Gasteiger charge is 2.25. The molecule has 2 aromatic heterocycles. The number of aromatic hydroxyl groups is 1. The fourth-order valence-electron chi connectivity index (χ4n) is 3.05. The van der Waals surface area contributed by atoms with Crippen LogP contribution >= 0.6 is 0 Å². The highest BCUT2D eigenvalue weighted by Crippen LogP contribution is 2.29. The maximum atomic E-state index is 12.9. The maximum absolute atomic E-state index is 12.9. The van der Waals surface area contributed by atoms with Crippen LogP contribution in [-0.2, 0) is 0 Å². The monoisotopic (exact) mass is 464 g/mol. The van der Waals surface area contributed by atoms with Crippen LogP contribution in [0.5, 0.6) is 17.2 Å². The first-order chi connectivity index (χ1) is 16.5. The SMILES string of the molecule is CCOc1cc(/C=N/NC(=O)c2nnn(-c3nonc3N)c2-c2cccc(OC)c2)ccc1O. The van der Waals surface area contributed by atoms with Gasteiger partial charge in [0.05, 0.1) is 19.9 Å². The first-order valence-corrected chi connectivity index (χ1v) is 9.99. The average molecular weight is 464 g/mol. The minimum absolute atomic E-state index is 0.00389. The van der Waals surface area contributed by atoms with Gasteiger partial charge in [-0.1, -0.05) is 17.3 Å². The van der Waals surface area contributed by atoms with E-state index in [0.29, 0.717) is 29.2 Å². The van der Waals surface area contributed by atoms with Crippen molar-refractivity contribution >= 4 is 17.9 Å². The van der Waals surface area contributed by atoms with Crippen molar-refractivity contribution in [3.8, 4) is 34.3 Å². The van der Waals surface area contributed by atoms with Crippen LogP contribution in [-0.4, -0.2) is 56.3 Å².